The van der Waals surface area contributed by atoms with Crippen LogP contribution in [-0.4, -0.2) is 27.0 Å². The van der Waals surface area contributed by atoms with Gasteiger partial charge in [-0.25, -0.2) is 8.42 Å². The third-order valence-corrected chi connectivity index (χ3v) is 5.71. The van der Waals surface area contributed by atoms with Crippen molar-refractivity contribution in [3.63, 3.8) is 0 Å². The van der Waals surface area contributed by atoms with Crippen LogP contribution in [0, 0.1) is 5.92 Å². The molecule has 0 aliphatic carbocycles. The van der Waals surface area contributed by atoms with Crippen LogP contribution in [0.15, 0.2) is 24.3 Å². The summed E-state index contributed by atoms with van der Waals surface area (Å²) in [4.78, 5) is 0. The molecule has 0 aromatic heterocycles. The molecule has 5 heteroatoms. The van der Waals surface area contributed by atoms with Gasteiger partial charge < -0.3 is 5.32 Å². The van der Waals surface area contributed by atoms with Crippen LogP contribution < -0.4 is 5.32 Å². The highest BCUT2D eigenvalue weighted by Gasteiger charge is 2.31. The van der Waals surface area contributed by atoms with Gasteiger partial charge in [0.2, 0.25) is 0 Å². The topological polar surface area (TPSA) is 46.2 Å². The lowest BCUT2D eigenvalue weighted by Crippen LogP contribution is -2.34. The molecule has 0 radical (unpaired) electrons. The number of hydrogen-bond acceptors (Lipinski definition) is 3. The van der Waals surface area contributed by atoms with E-state index < -0.39 is 9.84 Å². The van der Waals surface area contributed by atoms with Crippen molar-refractivity contribution in [2.75, 3.05) is 18.6 Å². The predicted octanol–water partition coefficient (Wildman–Crippen LogP) is 2.43. The maximum atomic E-state index is 11.7. The molecule has 100 valence electrons. The summed E-state index contributed by atoms with van der Waals surface area (Å²) in [5, 5.41) is 3.91. The number of rotatable bonds is 3. The van der Waals surface area contributed by atoms with Crippen LogP contribution in [0.3, 0.4) is 0 Å². The van der Waals surface area contributed by atoms with Gasteiger partial charge in [-0.1, -0.05) is 29.8 Å². The summed E-state index contributed by atoms with van der Waals surface area (Å²) in [5.41, 5.74) is 0.990. The first-order chi connectivity index (χ1) is 8.53. The highest BCUT2D eigenvalue weighted by molar-refractivity contribution is 7.91. The van der Waals surface area contributed by atoms with Gasteiger partial charge in [-0.3, -0.25) is 0 Å². The van der Waals surface area contributed by atoms with Crippen molar-refractivity contribution < 1.29 is 8.42 Å². The molecule has 1 fully saturated rings. The fraction of sp³-hybridized carbons (Fsp3) is 0.538. The minimum Gasteiger partial charge on any atom is -0.313 e. The maximum absolute atomic E-state index is 11.7. The van der Waals surface area contributed by atoms with E-state index in [1.165, 1.54) is 0 Å². The van der Waals surface area contributed by atoms with Gasteiger partial charge in [0, 0.05) is 11.1 Å². The Hall–Kier alpha value is -0.580. The molecule has 3 nitrogen and oxygen atoms in total. The van der Waals surface area contributed by atoms with Crippen LogP contribution in [0.5, 0.6) is 0 Å². The molecule has 2 rings (SSSR count). The number of hydrogen-bond donors (Lipinski definition) is 1. The van der Waals surface area contributed by atoms with Crippen LogP contribution in [-0.2, 0) is 9.84 Å². The van der Waals surface area contributed by atoms with Crippen molar-refractivity contribution in [2.45, 2.75) is 18.9 Å². The summed E-state index contributed by atoms with van der Waals surface area (Å²) in [6, 6.07) is 7.64. The van der Waals surface area contributed by atoms with Gasteiger partial charge >= 0.3 is 0 Å². The smallest absolute Gasteiger partial charge is 0.150 e. The van der Waals surface area contributed by atoms with Crippen molar-refractivity contribution in [1.82, 2.24) is 5.32 Å². The van der Waals surface area contributed by atoms with Gasteiger partial charge in [0.1, 0.15) is 0 Å². The zero-order valence-corrected chi connectivity index (χ0v) is 12.0. The van der Waals surface area contributed by atoms with Crippen LogP contribution in [0.4, 0.5) is 0 Å². The van der Waals surface area contributed by atoms with Gasteiger partial charge in [-0.15, -0.1) is 0 Å². The van der Waals surface area contributed by atoms with E-state index in [1.54, 1.807) is 0 Å². The summed E-state index contributed by atoms with van der Waals surface area (Å²) in [6.45, 7) is 0. The lowest BCUT2D eigenvalue weighted by atomic mass is 9.90. The molecule has 1 aliphatic rings. The summed E-state index contributed by atoms with van der Waals surface area (Å²) >= 11 is 6.20. The highest BCUT2D eigenvalue weighted by atomic mass is 35.5. The molecular formula is C13H18ClNO2S. The Kier molecular flexibility index (Phi) is 4.30. The Labute approximate surface area is 113 Å². The van der Waals surface area contributed by atoms with Gasteiger partial charge in [0.05, 0.1) is 11.5 Å². The van der Waals surface area contributed by atoms with E-state index in [1.807, 2.05) is 31.3 Å². The zero-order chi connectivity index (χ0) is 13.2. The quantitative estimate of drug-likeness (QED) is 0.929. The number of nitrogens with one attached hydrogen (secondary N) is 1. The van der Waals surface area contributed by atoms with E-state index in [-0.39, 0.29) is 17.7 Å². The van der Waals surface area contributed by atoms with Crippen molar-refractivity contribution in [3.8, 4) is 0 Å². The number of halogens is 1. The molecule has 2 unspecified atom stereocenters. The van der Waals surface area contributed by atoms with Crippen LogP contribution in [0.1, 0.15) is 24.4 Å². The molecule has 2 atom stereocenters. The SMILES string of the molecule is CNC(c1ccccc1Cl)C1CCCS(=O)(=O)C1. The fourth-order valence-electron chi connectivity index (χ4n) is 2.69. The Bertz CT molecular complexity index is 515. The second kappa shape index (κ2) is 5.59. The fourth-order valence-corrected chi connectivity index (χ4v) is 4.73. The lowest BCUT2D eigenvalue weighted by molar-refractivity contribution is 0.373. The van der Waals surface area contributed by atoms with Crippen LogP contribution in [0.25, 0.3) is 0 Å². The van der Waals surface area contributed by atoms with E-state index in [9.17, 15) is 8.42 Å². The van der Waals surface area contributed by atoms with E-state index in [2.05, 4.69) is 5.32 Å². The summed E-state index contributed by atoms with van der Waals surface area (Å²) in [7, 11) is -1.03. The Morgan fingerprint density at radius 1 is 1.39 bits per heavy atom. The molecule has 0 amide bonds. The molecule has 1 aromatic rings. The molecule has 1 saturated heterocycles. The zero-order valence-electron chi connectivity index (χ0n) is 10.4. The molecule has 1 N–H and O–H groups in total. The van der Waals surface area contributed by atoms with Crippen LogP contribution in [0.2, 0.25) is 5.02 Å². The van der Waals surface area contributed by atoms with Crippen molar-refractivity contribution in [3.05, 3.63) is 34.9 Å². The maximum Gasteiger partial charge on any atom is 0.150 e. The van der Waals surface area contributed by atoms with Gasteiger partial charge in [0.15, 0.2) is 9.84 Å². The van der Waals surface area contributed by atoms with Gasteiger partial charge in [-0.05, 0) is 37.4 Å². The predicted molar refractivity (Wildman–Crippen MR) is 74.6 cm³/mol. The van der Waals surface area contributed by atoms with Crippen molar-refractivity contribution in [1.29, 1.82) is 0 Å². The molecule has 1 aliphatic heterocycles. The molecule has 1 aromatic carbocycles. The van der Waals surface area contributed by atoms with E-state index in [0.29, 0.717) is 10.8 Å². The minimum atomic E-state index is -2.89. The van der Waals surface area contributed by atoms with E-state index >= 15 is 0 Å². The monoisotopic (exact) mass is 287 g/mol. The third kappa shape index (κ3) is 3.05. The first-order valence-corrected chi connectivity index (χ1v) is 8.35. The first kappa shape index (κ1) is 13.8. The lowest BCUT2D eigenvalue weighted by Gasteiger charge is -2.30. The summed E-state index contributed by atoms with van der Waals surface area (Å²) < 4.78 is 23.5. The second-order valence-corrected chi connectivity index (χ2v) is 7.44. The molecule has 1 heterocycles. The largest absolute Gasteiger partial charge is 0.313 e. The third-order valence-electron chi connectivity index (χ3n) is 3.52. The number of sulfone groups is 1. The molecule has 0 saturated carbocycles. The molecular weight excluding hydrogens is 270 g/mol. The van der Waals surface area contributed by atoms with Gasteiger partial charge in [-0.2, -0.15) is 0 Å². The van der Waals surface area contributed by atoms with E-state index in [4.69, 9.17) is 11.6 Å². The average molecular weight is 288 g/mol. The Morgan fingerprint density at radius 2 is 2.11 bits per heavy atom. The highest BCUT2D eigenvalue weighted by Crippen LogP contribution is 2.33. The average Bonchev–Trinajstić information content (AvgIpc) is 2.31. The molecule has 18 heavy (non-hydrogen) atoms. The summed E-state index contributed by atoms with van der Waals surface area (Å²) in [5.74, 6) is 0.681. The van der Waals surface area contributed by atoms with Crippen molar-refractivity contribution in [2.24, 2.45) is 5.92 Å². The normalized spacial score (nSPS) is 24.7. The number of benzene rings is 1. The standard InChI is InChI=1S/C13H18ClNO2S/c1-15-13(11-6-2-3-7-12(11)14)10-5-4-8-18(16,17)9-10/h2-3,6-7,10,13,15H,4-5,8-9H2,1H3. The summed E-state index contributed by atoms with van der Waals surface area (Å²) in [6.07, 6.45) is 1.67. The molecule has 0 spiro atoms. The van der Waals surface area contributed by atoms with Gasteiger partial charge in [0.25, 0.3) is 0 Å². The Balaban J connectivity index is 2.26. The molecule has 0 bridgehead atoms. The second-order valence-electron chi connectivity index (χ2n) is 4.80. The van der Waals surface area contributed by atoms with Crippen molar-refractivity contribution >= 4 is 21.4 Å². The minimum absolute atomic E-state index is 0.00812. The van der Waals surface area contributed by atoms with E-state index in [0.717, 1.165) is 18.4 Å². The first-order valence-electron chi connectivity index (χ1n) is 6.15. The Morgan fingerprint density at radius 3 is 2.72 bits per heavy atom. The van der Waals surface area contributed by atoms with Crippen LogP contribution >= 0.6 is 11.6 Å².